The summed E-state index contributed by atoms with van der Waals surface area (Å²) in [7, 11) is 0. The summed E-state index contributed by atoms with van der Waals surface area (Å²) in [5, 5.41) is 0. The van der Waals surface area contributed by atoms with Crippen LogP contribution < -0.4 is 0 Å². The van der Waals surface area contributed by atoms with Crippen molar-refractivity contribution in [2.45, 2.75) is 20.8 Å². The first kappa shape index (κ1) is 35.1. The molecule has 0 saturated heterocycles. The number of carbonyl (C=O) groups excluding carboxylic acids is 2. The van der Waals surface area contributed by atoms with E-state index in [0.717, 1.165) is 0 Å². The minimum atomic E-state index is 0. The molecule has 25 heavy (non-hydrogen) atoms. The van der Waals surface area contributed by atoms with Crippen LogP contribution in [0.4, 0.5) is 0 Å². The van der Waals surface area contributed by atoms with E-state index < -0.39 is 0 Å². The van der Waals surface area contributed by atoms with Crippen LogP contribution in [-0.2, 0) is 59.1 Å². The Morgan fingerprint density at radius 3 is 0.920 bits per heavy atom. The third-order valence-corrected chi connectivity index (χ3v) is 2.49. The van der Waals surface area contributed by atoms with Gasteiger partial charge < -0.3 is 39.4 Å². The Balaban J connectivity index is -0.0000000690. The molecular weight excluding hydrogens is 448 g/mol. The van der Waals surface area contributed by atoms with Crippen molar-refractivity contribution in [1.29, 1.82) is 0 Å². The molecule has 0 atom stereocenters. The molecule has 0 bridgehead atoms. The van der Waals surface area contributed by atoms with Crippen molar-refractivity contribution in [1.82, 2.24) is 0 Å². The number of aryl methyl sites for hydroxylation is 3. The zero-order valence-corrected chi connectivity index (χ0v) is 17.3. The van der Waals surface area contributed by atoms with Crippen molar-refractivity contribution >= 4 is 13.6 Å². The minimum absolute atomic E-state index is 0. The van der Waals surface area contributed by atoms with Gasteiger partial charge in [0.1, 0.15) is 0 Å². The molecule has 3 aromatic rings. The molecule has 5 heteroatoms. The molecule has 0 saturated carbocycles. The van der Waals surface area contributed by atoms with Gasteiger partial charge in [-0.15, -0.1) is 0 Å². The summed E-state index contributed by atoms with van der Waals surface area (Å²) in [6, 6.07) is 24.7. The Labute approximate surface area is 182 Å². The molecule has 0 fully saturated rings. The van der Waals surface area contributed by atoms with Gasteiger partial charge in [0, 0.05) is 49.5 Å². The average molecular weight is 471 g/mol. The van der Waals surface area contributed by atoms with Crippen molar-refractivity contribution in [2.24, 2.45) is 0 Å². The van der Waals surface area contributed by atoms with E-state index in [1.54, 1.807) is 0 Å². The summed E-state index contributed by atoms with van der Waals surface area (Å²) in [5.41, 5.74) is 4.03. The summed E-state index contributed by atoms with van der Waals surface area (Å²) in [6.45, 7) is 12.8. The molecule has 2 nitrogen and oxygen atoms in total. The summed E-state index contributed by atoms with van der Waals surface area (Å²) in [6.07, 6.45) is 0. The molecule has 0 aliphatic carbocycles. The number of hydrogen-bond donors (Lipinski definition) is 0. The van der Waals surface area contributed by atoms with Gasteiger partial charge in [-0.3, -0.25) is 13.6 Å². The van der Waals surface area contributed by atoms with E-state index in [0.29, 0.717) is 0 Å². The van der Waals surface area contributed by atoms with E-state index in [-0.39, 0.29) is 49.5 Å². The Morgan fingerprint density at radius 2 is 0.840 bits per heavy atom. The van der Waals surface area contributed by atoms with Crippen LogP contribution in [0.1, 0.15) is 16.7 Å². The van der Waals surface area contributed by atoms with Crippen LogP contribution in [0.3, 0.4) is 0 Å². The van der Waals surface area contributed by atoms with Gasteiger partial charge in [-0.05, 0) is 0 Å². The molecule has 3 rings (SSSR count). The summed E-state index contributed by atoms with van der Waals surface area (Å²) in [4.78, 5) is 15.5. The van der Waals surface area contributed by atoms with Crippen molar-refractivity contribution in [3.8, 4) is 0 Å². The largest absolute Gasteiger partial charge is 0.748 e. The van der Waals surface area contributed by atoms with Crippen LogP contribution in [0.2, 0.25) is 0 Å². The summed E-state index contributed by atoms with van der Waals surface area (Å²) in [5.74, 6) is 0. The average Bonchev–Trinajstić information content (AvgIpc) is 3.30. The fourth-order valence-electron chi connectivity index (χ4n) is 1.41. The van der Waals surface area contributed by atoms with Crippen molar-refractivity contribution in [2.75, 3.05) is 0 Å². The normalized spacial score (nSPS) is 6.68. The van der Waals surface area contributed by atoms with E-state index in [2.05, 4.69) is 70.7 Å². The fraction of sp³-hybridized carbons (Fsp3) is 0.150. The zero-order valence-electron chi connectivity index (χ0n) is 14.3. The van der Waals surface area contributed by atoms with E-state index in [9.17, 15) is 0 Å². The second kappa shape index (κ2) is 27.7. The third kappa shape index (κ3) is 25.2. The standard InChI is InChI=1S/3C6H7.2CHO.3Ni/c3*1-6-4-2-3-5-6;2*1-2;;;/h3*2-5H,1H3;2*1H;;;/q-5;4*-1;;;. The van der Waals surface area contributed by atoms with Gasteiger partial charge in [-0.25, -0.2) is 31.2 Å². The van der Waals surface area contributed by atoms with Gasteiger partial charge in [0.05, 0.1) is 0 Å². The molecule has 0 amide bonds. The molecule has 0 aliphatic heterocycles. The molecular formula is C20H23Ni3O2-9. The monoisotopic (exact) mass is 469 g/mol. The maximum Gasteiger partial charge on any atom is 0 e. The number of hydrogen-bond acceptors (Lipinski definition) is 2. The van der Waals surface area contributed by atoms with Gasteiger partial charge in [-0.2, -0.15) is 35.4 Å². The third-order valence-electron chi connectivity index (χ3n) is 2.49. The van der Waals surface area contributed by atoms with Crippen LogP contribution in [0.25, 0.3) is 0 Å². The first-order valence-electron chi connectivity index (χ1n) is 6.70. The maximum absolute atomic E-state index is 7.75. The van der Waals surface area contributed by atoms with Crippen LogP contribution in [-0.4, -0.2) is 13.6 Å². The fourth-order valence-corrected chi connectivity index (χ4v) is 1.41. The Hall–Kier alpha value is -1.13. The maximum atomic E-state index is 7.75. The van der Waals surface area contributed by atoms with Crippen molar-refractivity contribution in [3.05, 3.63) is 89.5 Å². The van der Waals surface area contributed by atoms with Crippen LogP contribution in [0, 0.1) is 20.8 Å². The molecule has 0 aromatic heterocycles. The first-order chi connectivity index (χ1) is 10.7. The first-order valence-corrected chi connectivity index (χ1v) is 6.70. The Bertz CT molecular complexity index is 437. The van der Waals surface area contributed by atoms with E-state index in [1.165, 1.54) is 16.7 Å². The summed E-state index contributed by atoms with van der Waals surface area (Å²) >= 11 is 0. The predicted molar refractivity (Wildman–Crippen MR) is 93.8 cm³/mol. The second-order valence-electron chi connectivity index (χ2n) is 4.39. The SMILES string of the molecule is C[c-]1[cH-][cH-][cH-][cH-]1.C[c-]1cccc1.C[c-]1cccc1.[CH-]=O.[CH-]=O.[Ni].[Ni].[Ni]. The van der Waals surface area contributed by atoms with Gasteiger partial charge >= 0.3 is 0 Å². The molecule has 0 radical (unpaired) electrons. The smallest absolute Gasteiger partial charge is 0 e. The molecule has 154 valence electrons. The van der Waals surface area contributed by atoms with Crippen molar-refractivity contribution in [3.63, 3.8) is 0 Å². The predicted octanol–water partition coefficient (Wildman–Crippen LogP) is 4.59. The minimum Gasteiger partial charge on any atom is -0.748 e. The second-order valence-corrected chi connectivity index (χ2v) is 4.39. The number of rotatable bonds is 0. The zero-order chi connectivity index (χ0) is 17.2. The summed E-state index contributed by atoms with van der Waals surface area (Å²) < 4.78 is 0. The van der Waals surface area contributed by atoms with Gasteiger partial charge in [-0.1, -0.05) is 13.8 Å². The molecule has 0 heterocycles. The molecule has 3 aromatic carbocycles. The Kier molecular flexibility index (Phi) is 38.9. The molecule has 0 spiro atoms. The molecule has 0 aliphatic rings. The van der Waals surface area contributed by atoms with Crippen LogP contribution in [0.15, 0.2) is 72.8 Å². The van der Waals surface area contributed by atoms with Gasteiger partial charge in [0.25, 0.3) is 0 Å². The van der Waals surface area contributed by atoms with Crippen LogP contribution in [0.5, 0.6) is 0 Å². The topological polar surface area (TPSA) is 34.1 Å². The Morgan fingerprint density at radius 1 is 0.600 bits per heavy atom. The van der Waals surface area contributed by atoms with Gasteiger partial charge in [0.15, 0.2) is 0 Å². The van der Waals surface area contributed by atoms with E-state index >= 15 is 0 Å². The molecule has 0 unspecified atom stereocenters. The van der Waals surface area contributed by atoms with E-state index in [1.807, 2.05) is 36.4 Å². The van der Waals surface area contributed by atoms with E-state index in [4.69, 9.17) is 9.59 Å². The van der Waals surface area contributed by atoms with Crippen LogP contribution >= 0.6 is 0 Å². The van der Waals surface area contributed by atoms with Crippen molar-refractivity contribution < 1.29 is 59.1 Å². The van der Waals surface area contributed by atoms with Gasteiger partial charge in [0.2, 0.25) is 0 Å². The molecule has 0 N–H and O–H groups in total. The quantitative estimate of drug-likeness (QED) is 0.273.